The Kier molecular flexibility index (Phi) is 6.64. The SMILES string of the molecule is O=C(CCN1C(=O)C2CC=CCC2C1=O)NCCNc1ncc(C(F)(F)F)cc1Cl. The molecule has 2 unspecified atom stereocenters. The highest BCUT2D eigenvalue weighted by Gasteiger charge is 2.46. The summed E-state index contributed by atoms with van der Waals surface area (Å²) in [6.07, 6.45) is 0.998. The minimum atomic E-state index is -4.53. The number of carbonyl (C=O) groups excluding carboxylic acids is 3. The number of rotatable bonds is 7. The lowest BCUT2D eigenvalue weighted by Gasteiger charge is -2.14. The monoisotopic (exact) mass is 444 g/mol. The van der Waals surface area contributed by atoms with E-state index in [1.54, 1.807) is 0 Å². The molecule has 11 heteroatoms. The zero-order valence-corrected chi connectivity index (χ0v) is 16.6. The highest BCUT2D eigenvalue weighted by atomic mass is 35.5. The van der Waals surface area contributed by atoms with Gasteiger partial charge in [0, 0.05) is 32.3 Å². The number of fused-ring (bicyclic) bond motifs is 1. The van der Waals surface area contributed by atoms with E-state index < -0.39 is 11.7 Å². The van der Waals surface area contributed by atoms with Crippen LogP contribution in [-0.2, 0) is 20.6 Å². The number of nitrogens with zero attached hydrogens (tertiary/aromatic N) is 2. The number of hydrogen-bond donors (Lipinski definition) is 2. The molecule has 0 aromatic carbocycles. The van der Waals surface area contributed by atoms with Crippen LogP contribution >= 0.6 is 11.6 Å². The van der Waals surface area contributed by atoms with Gasteiger partial charge in [-0.3, -0.25) is 19.3 Å². The van der Waals surface area contributed by atoms with Crippen molar-refractivity contribution in [3.8, 4) is 0 Å². The molecule has 1 aliphatic heterocycles. The standard InChI is InChI=1S/C19H20ClF3N4O3/c20-14-9-11(19(21,22)23)10-26-16(14)25-7-6-24-15(28)5-8-27-17(29)12-3-1-2-4-13(12)18(27)30/h1-2,9-10,12-13H,3-8H2,(H,24,28)(H,25,26). The van der Waals surface area contributed by atoms with E-state index in [0.717, 1.165) is 11.0 Å². The summed E-state index contributed by atoms with van der Waals surface area (Å²) in [5.41, 5.74) is -0.951. The van der Waals surface area contributed by atoms with Gasteiger partial charge in [-0.25, -0.2) is 4.98 Å². The average molecular weight is 445 g/mol. The number of imide groups is 1. The summed E-state index contributed by atoms with van der Waals surface area (Å²) >= 11 is 5.79. The van der Waals surface area contributed by atoms with Crippen LogP contribution in [0.1, 0.15) is 24.8 Å². The molecule has 1 aromatic heterocycles. The fraction of sp³-hybridized carbons (Fsp3) is 0.474. The quantitative estimate of drug-likeness (QED) is 0.383. The predicted molar refractivity (Wildman–Crippen MR) is 102 cm³/mol. The van der Waals surface area contributed by atoms with Crippen LogP contribution in [0.2, 0.25) is 5.02 Å². The number of aromatic nitrogens is 1. The molecule has 7 nitrogen and oxygen atoms in total. The lowest BCUT2D eigenvalue weighted by atomic mass is 9.85. The van der Waals surface area contributed by atoms with Crippen molar-refractivity contribution in [2.75, 3.05) is 25.0 Å². The first kappa shape index (κ1) is 22.1. The third-order valence-electron chi connectivity index (χ3n) is 5.07. The highest BCUT2D eigenvalue weighted by molar-refractivity contribution is 6.32. The van der Waals surface area contributed by atoms with Crippen LogP contribution < -0.4 is 10.6 Å². The van der Waals surface area contributed by atoms with Crippen LogP contribution in [0.3, 0.4) is 0 Å². The van der Waals surface area contributed by atoms with E-state index in [4.69, 9.17) is 11.6 Å². The van der Waals surface area contributed by atoms with Gasteiger partial charge in [0.15, 0.2) is 0 Å². The van der Waals surface area contributed by atoms with Gasteiger partial charge < -0.3 is 10.6 Å². The van der Waals surface area contributed by atoms with Crippen LogP contribution in [0.15, 0.2) is 24.4 Å². The minimum Gasteiger partial charge on any atom is -0.367 e. The third-order valence-corrected chi connectivity index (χ3v) is 5.36. The molecular weight excluding hydrogens is 425 g/mol. The number of amides is 3. The normalized spacial score (nSPS) is 21.0. The van der Waals surface area contributed by atoms with Gasteiger partial charge in [0.25, 0.3) is 0 Å². The molecule has 1 aliphatic carbocycles. The van der Waals surface area contributed by atoms with Crippen LogP contribution in [0.25, 0.3) is 0 Å². The maximum atomic E-state index is 12.6. The molecule has 0 saturated carbocycles. The Morgan fingerprint density at radius 2 is 1.80 bits per heavy atom. The maximum Gasteiger partial charge on any atom is 0.417 e. The molecule has 2 atom stereocenters. The van der Waals surface area contributed by atoms with Gasteiger partial charge in [-0.15, -0.1) is 0 Å². The van der Waals surface area contributed by atoms with E-state index >= 15 is 0 Å². The second-order valence-electron chi connectivity index (χ2n) is 7.06. The second kappa shape index (κ2) is 9.03. The van der Waals surface area contributed by atoms with Crippen molar-refractivity contribution in [2.24, 2.45) is 11.8 Å². The van der Waals surface area contributed by atoms with Gasteiger partial charge in [0.1, 0.15) is 5.82 Å². The number of halogens is 4. The first-order valence-corrected chi connectivity index (χ1v) is 9.80. The van der Waals surface area contributed by atoms with E-state index in [1.807, 2.05) is 12.2 Å². The lowest BCUT2D eigenvalue weighted by molar-refractivity contribution is -0.140. The number of anilines is 1. The molecule has 2 N–H and O–H groups in total. The molecule has 1 fully saturated rings. The third kappa shape index (κ3) is 4.92. The van der Waals surface area contributed by atoms with Crippen molar-refractivity contribution in [2.45, 2.75) is 25.4 Å². The van der Waals surface area contributed by atoms with Gasteiger partial charge in [-0.1, -0.05) is 23.8 Å². The molecule has 162 valence electrons. The Morgan fingerprint density at radius 3 is 2.37 bits per heavy atom. The molecule has 3 amide bonds. The average Bonchev–Trinajstić information content (AvgIpc) is 2.94. The Hall–Kier alpha value is -2.62. The number of allylic oxidation sites excluding steroid dienone is 2. The van der Waals surface area contributed by atoms with E-state index in [1.165, 1.54) is 0 Å². The lowest BCUT2D eigenvalue weighted by Crippen LogP contribution is -2.36. The van der Waals surface area contributed by atoms with E-state index in [-0.39, 0.29) is 66.5 Å². The summed E-state index contributed by atoms with van der Waals surface area (Å²) < 4.78 is 37.8. The van der Waals surface area contributed by atoms with Crippen molar-refractivity contribution in [1.82, 2.24) is 15.2 Å². The molecule has 1 saturated heterocycles. The fourth-order valence-electron chi connectivity index (χ4n) is 3.50. The van der Waals surface area contributed by atoms with Crippen LogP contribution in [-0.4, -0.2) is 47.2 Å². The maximum absolute atomic E-state index is 12.6. The number of alkyl halides is 3. The Bertz CT molecular complexity index is 849. The van der Waals surface area contributed by atoms with Crippen molar-refractivity contribution < 1.29 is 27.6 Å². The second-order valence-corrected chi connectivity index (χ2v) is 7.47. The summed E-state index contributed by atoms with van der Waals surface area (Å²) in [7, 11) is 0. The Labute approximate surface area is 175 Å². The molecule has 0 spiro atoms. The smallest absolute Gasteiger partial charge is 0.367 e. The molecule has 30 heavy (non-hydrogen) atoms. The fourth-order valence-corrected chi connectivity index (χ4v) is 3.73. The molecule has 2 heterocycles. The first-order chi connectivity index (χ1) is 14.2. The van der Waals surface area contributed by atoms with Gasteiger partial charge in [-0.05, 0) is 18.9 Å². The van der Waals surface area contributed by atoms with Crippen molar-refractivity contribution >= 4 is 35.1 Å². The summed E-state index contributed by atoms with van der Waals surface area (Å²) in [5, 5.41) is 5.17. The van der Waals surface area contributed by atoms with Crippen molar-refractivity contribution in [3.05, 3.63) is 35.0 Å². The molecule has 1 aromatic rings. The molecule has 2 aliphatic rings. The van der Waals surface area contributed by atoms with Gasteiger partial charge in [0.2, 0.25) is 17.7 Å². The predicted octanol–water partition coefficient (Wildman–Crippen LogP) is 2.62. The molecule has 0 radical (unpaired) electrons. The zero-order chi connectivity index (χ0) is 21.9. The number of carbonyl (C=O) groups is 3. The summed E-state index contributed by atoms with van der Waals surface area (Å²) in [6, 6.07) is 0.771. The minimum absolute atomic E-state index is 0.0240. The number of nitrogens with one attached hydrogen (secondary N) is 2. The number of likely N-dealkylation sites (tertiary alicyclic amines) is 1. The number of hydrogen-bond acceptors (Lipinski definition) is 5. The van der Waals surface area contributed by atoms with Crippen LogP contribution in [0, 0.1) is 11.8 Å². The summed E-state index contributed by atoms with van der Waals surface area (Å²) in [6.45, 7) is 0.367. The van der Waals surface area contributed by atoms with E-state index in [0.29, 0.717) is 19.0 Å². The molecular formula is C19H20ClF3N4O3. The number of pyridine rings is 1. The van der Waals surface area contributed by atoms with Crippen LogP contribution in [0.4, 0.5) is 19.0 Å². The van der Waals surface area contributed by atoms with E-state index in [2.05, 4.69) is 15.6 Å². The molecule has 0 bridgehead atoms. The van der Waals surface area contributed by atoms with Crippen molar-refractivity contribution in [1.29, 1.82) is 0 Å². The van der Waals surface area contributed by atoms with Gasteiger partial charge in [-0.2, -0.15) is 13.2 Å². The Balaban J connectivity index is 1.40. The summed E-state index contributed by atoms with van der Waals surface area (Å²) in [4.78, 5) is 41.5. The van der Waals surface area contributed by atoms with Gasteiger partial charge >= 0.3 is 6.18 Å². The van der Waals surface area contributed by atoms with E-state index in [9.17, 15) is 27.6 Å². The largest absolute Gasteiger partial charge is 0.417 e. The summed E-state index contributed by atoms with van der Waals surface area (Å²) in [5.74, 6) is -1.38. The van der Waals surface area contributed by atoms with Gasteiger partial charge in [0.05, 0.1) is 22.4 Å². The van der Waals surface area contributed by atoms with Crippen molar-refractivity contribution in [3.63, 3.8) is 0 Å². The zero-order valence-electron chi connectivity index (χ0n) is 15.8. The van der Waals surface area contributed by atoms with Crippen LogP contribution in [0.5, 0.6) is 0 Å². The first-order valence-electron chi connectivity index (χ1n) is 9.42. The topological polar surface area (TPSA) is 91.4 Å². The molecule has 3 rings (SSSR count). The Morgan fingerprint density at radius 1 is 1.17 bits per heavy atom. The highest BCUT2D eigenvalue weighted by Crippen LogP contribution is 2.35.